The summed E-state index contributed by atoms with van der Waals surface area (Å²) in [5.41, 5.74) is 4.62. The molecule has 1 amide bonds. The normalized spacial score (nSPS) is 21.3. The van der Waals surface area contributed by atoms with Crippen LogP contribution in [0.4, 0.5) is 11.4 Å². The number of amides is 1. The first-order valence-electron chi connectivity index (χ1n) is 13.7. The first kappa shape index (κ1) is 24.6. The summed E-state index contributed by atoms with van der Waals surface area (Å²) in [5.74, 6) is 0.113. The molecule has 2 saturated heterocycles. The van der Waals surface area contributed by atoms with Crippen LogP contribution in [0.25, 0.3) is 0 Å². The van der Waals surface area contributed by atoms with E-state index in [1.807, 2.05) is 30.9 Å². The van der Waals surface area contributed by atoms with Gasteiger partial charge in [0.05, 0.1) is 0 Å². The Labute approximate surface area is 216 Å². The van der Waals surface area contributed by atoms with E-state index in [1.54, 1.807) is 0 Å². The lowest BCUT2D eigenvalue weighted by Gasteiger charge is -2.44. The fourth-order valence-electron chi connectivity index (χ4n) is 6.34. The summed E-state index contributed by atoms with van der Waals surface area (Å²) in [6.45, 7) is 6.69. The van der Waals surface area contributed by atoms with Crippen molar-refractivity contribution in [2.45, 2.75) is 64.1 Å². The van der Waals surface area contributed by atoms with Crippen molar-refractivity contribution in [2.75, 3.05) is 24.5 Å². The molecule has 0 saturated carbocycles. The maximum absolute atomic E-state index is 12.9. The van der Waals surface area contributed by atoms with Crippen LogP contribution in [-0.2, 0) is 6.42 Å². The van der Waals surface area contributed by atoms with Crippen molar-refractivity contribution in [1.29, 1.82) is 0 Å². The van der Waals surface area contributed by atoms with Gasteiger partial charge in [-0.1, -0.05) is 48.5 Å². The second-order valence-electron chi connectivity index (χ2n) is 10.2. The van der Waals surface area contributed by atoms with E-state index in [-0.39, 0.29) is 5.91 Å². The third-order valence-electron chi connectivity index (χ3n) is 8.20. The van der Waals surface area contributed by atoms with Gasteiger partial charge < -0.3 is 9.80 Å². The quantitative estimate of drug-likeness (QED) is 0.347. The van der Waals surface area contributed by atoms with Crippen LogP contribution >= 0.6 is 0 Å². The van der Waals surface area contributed by atoms with Crippen molar-refractivity contribution in [1.82, 2.24) is 9.80 Å². The highest BCUT2D eigenvalue weighted by molar-refractivity contribution is 5.94. The molecule has 36 heavy (non-hydrogen) atoms. The van der Waals surface area contributed by atoms with Crippen LogP contribution < -0.4 is 4.90 Å². The zero-order chi connectivity index (χ0) is 24.9. The van der Waals surface area contributed by atoms with Crippen molar-refractivity contribution in [3.8, 4) is 0 Å². The van der Waals surface area contributed by atoms with Crippen molar-refractivity contribution < 1.29 is 4.79 Å². The second kappa shape index (κ2) is 11.3. The first-order chi connectivity index (χ1) is 17.7. The van der Waals surface area contributed by atoms with E-state index in [1.165, 1.54) is 42.6 Å². The number of carbonyl (C=O) groups excluding carboxylic acids is 1. The number of para-hydroxylation sites is 1. The van der Waals surface area contributed by atoms with Crippen molar-refractivity contribution in [3.63, 3.8) is 0 Å². The van der Waals surface area contributed by atoms with Crippen molar-refractivity contribution in [3.05, 3.63) is 96.1 Å². The average Bonchev–Trinajstić information content (AvgIpc) is 3.17. The van der Waals surface area contributed by atoms with E-state index >= 15 is 0 Å². The zero-order valence-electron chi connectivity index (χ0n) is 21.7. The largest absolute Gasteiger partial charge is 0.339 e. The maximum atomic E-state index is 12.9. The molecular weight excluding hydrogens is 442 g/mol. The lowest BCUT2D eigenvalue weighted by atomic mass is 9.94. The second-order valence-corrected chi connectivity index (χ2v) is 10.2. The van der Waals surface area contributed by atoms with Gasteiger partial charge in [0.1, 0.15) is 0 Å². The van der Waals surface area contributed by atoms with Gasteiger partial charge in [-0.25, -0.2) is 0 Å². The van der Waals surface area contributed by atoms with Crippen LogP contribution in [0.15, 0.2) is 84.9 Å². The number of carbonyl (C=O) groups is 1. The molecule has 0 N–H and O–H groups in total. The monoisotopic (exact) mass is 481 g/mol. The summed E-state index contributed by atoms with van der Waals surface area (Å²) in [7, 11) is 0. The molecule has 0 aromatic heterocycles. The number of benzene rings is 3. The van der Waals surface area contributed by atoms with Crippen LogP contribution in [0.1, 0.15) is 55.5 Å². The van der Waals surface area contributed by atoms with Gasteiger partial charge in [-0.15, -0.1) is 0 Å². The number of hydrogen-bond donors (Lipinski definition) is 0. The average molecular weight is 482 g/mol. The molecule has 2 aliphatic heterocycles. The molecule has 4 heteroatoms. The maximum Gasteiger partial charge on any atom is 0.253 e. The first-order valence-corrected chi connectivity index (χ1v) is 13.7. The van der Waals surface area contributed by atoms with Crippen LogP contribution in [0, 0.1) is 0 Å². The molecule has 2 heterocycles. The standard InChI is InChI=1S/C32H39N3O/c1-3-33(4-2)32(36)26-15-17-28(18-16-26)35(27-13-9-6-10-14-27)31-23-29-19-20-30(24-31)34(29)22-21-25-11-7-5-8-12-25/h5-18,29-31H,3-4,19-24H2,1-2H3. The number of piperidine rings is 1. The van der Waals surface area contributed by atoms with Crippen molar-refractivity contribution >= 4 is 17.3 Å². The summed E-state index contributed by atoms with van der Waals surface area (Å²) in [6, 6.07) is 31.7. The number of fused-ring (bicyclic) bond motifs is 2. The Morgan fingerprint density at radius 1 is 0.778 bits per heavy atom. The summed E-state index contributed by atoms with van der Waals surface area (Å²) < 4.78 is 0. The Balaban J connectivity index is 1.35. The van der Waals surface area contributed by atoms with Crippen LogP contribution in [-0.4, -0.2) is 53.5 Å². The Morgan fingerprint density at radius 2 is 1.33 bits per heavy atom. The number of anilines is 2. The molecule has 2 atom stereocenters. The molecule has 2 fully saturated rings. The Morgan fingerprint density at radius 3 is 1.92 bits per heavy atom. The van der Waals surface area contributed by atoms with Gasteiger partial charge in [0.25, 0.3) is 5.91 Å². The van der Waals surface area contributed by atoms with Gasteiger partial charge in [-0.3, -0.25) is 9.69 Å². The van der Waals surface area contributed by atoms with Gasteiger partial charge in [0.15, 0.2) is 0 Å². The highest BCUT2D eigenvalue weighted by atomic mass is 16.2. The molecule has 188 valence electrons. The lowest BCUT2D eigenvalue weighted by Crippen LogP contribution is -2.50. The topological polar surface area (TPSA) is 26.8 Å². The fourth-order valence-corrected chi connectivity index (χ4v) is 6.34. The highest BCUT2D eigenvalue weighted by Crippen LogP contribution is 2.41. The van der Waals surface area contributed by atoms with E-state index in [9.17, 15) is 4.79 Å². The molecule has 3 aromatic carbocycles. The molecule has 5 rings (SSSR count). The van der Waals surface area contributed by atoms with Gasteiger partial charge in [0.2, 0.25) is 0 Å². The predicted octanol–water partition coefficient (Wildman–Crippen LogP) is 6.54. The minimum Gasteiger partial charge on any atom is -0.339 e. The summed E-state index contributed by atoms with van der Waals surface area (Å²) in [4.78, 5) is 20.1. The molecule has 2 aliphatic rings. The predicted molar refractivity (Wildman–Crippen MR) is 149 cm³/mol. The molecule has 4 nitrogen and oxygen atoms in total. The molecule has 3 aromatic rings. The van der Waals surface area contributed by atoms with Gasteiger partial charge >= 0.3 is 0 Å². The number of nitrogens with zero attached hydrogens (tertiary/aromatic N) is 3. The zero-order valence-corrected chi connectivity index (χ0v) is 21.7. The number of hydrogen-bond acceptors (Lipinski definition) is 3. The SMILES string of the molecule is CCN(CC)C(=O)c1ccc(N(c2ccccc2)C2CC3CCC(C2)N3CCc2ccccc2)cc1. The van der Waals surface area contributed by atoms with E-state index < -0.39 is 0 Å². The Hall–Kier alpha value is -3.11. The summed E-state index contributed by atoms with van der Waals surface area (Å²) in [5, 5.41) is 0. The van der Waals surface area contributed by atoms with E-state index in [4.69, 9.17) is 0 Å². The molecule has 2 bridgehead atoms. The van der Waals surface area contributed by atoms with Crippen LogP contribution in [0.5, 0.6) is 0 Å². The molecular formula is C32H39N3O. The number of rotatable bonds is 9. The summed E-state index contributed by atoms with van der Waals surface area (Å²) >= 11 is 0. The highest BCUT2D eigenvalue weighted by Gasteiger charge is 2.42. The smallest absolute Gasteiger partial charge is 0.253 e. The minimum atomic E-state index is 0.113. The molecule has 2 unspecified atom stereocenters. The third kappa shape index (κ3) is 5.19. The van der Waals surface area contributed by atoms with E-state index in [0.29, 0.717) is 18.1 Å². The van der Waals surface area contributed by atoms with E-state index in [0.717, 1.165) is 31.6 Å². The molecule has 0 aliphatic carbocycles. The molecule has 0 spiro atoms. The van der Waals surface area contributed by atoms with Crippen molar-refractivity contribution in [2.24, 2.45) is 0 Å². The summed E-state index contributed by atoms with van der Waals surface area (Å²) in [6.07, 6.45) is 6.09. The van der Waals surface area contributed by atoms with Gasteiger partial charge in [0, 0.05) is 54.7 Å². The van der Waals surface area contributed by atoms with Crippen LogP contribution in [0.2, 0.25) is 0 Å². The van der Waals surface area contributed by atoms with Gasteiger partial charge in [-0.2, -0.15) is 0 Å². The van der Waals surface area contributed by atoms with Gasteiger partial charge in [-0.05, 0) is 87.9 Å². The Bertz CT molecular complexity index is 1100. The third-order valence-corrected chi connectivity index (χ3v) is 8.20. The Kier molecular flexibility index (Phi) is 7.72. The molecule has 0 radical (unpaired) electrons. The fraction of sp³-hybridized carbons (Fsp3) is 0.406. The minimum absolute atomic E-state index is 0.113. The van der Waals surface area contributed by atoms with Crippen LogP contribution in [0.3, 0.4) is 0 Å². The van der Waals surface area contributed by atoms with E-state index in [2.05, 4.69) is 82.6 Å². The lowest BCUT2D eigenvalue weighted by molar-refractivity contribution is 0.0773.